The normalized spacial score (nSPS) is 12.8. The number of para-hydroxylation sites is 3. The second-order valence-electron chi connectivity index (χ2n) is 8.19. The Morgan fingerprint density at radius 3 is 1.41 bits per heavy atom. The van der Waals surface area contributed by atoms with Gasteiger partial charge in [-0.25, -0.2) is 0 Å². The minimum Gasteiger partial charge on any atom is -0.386 e. The van der Waals surface area contributed by atoms with E-state index in [0.29, 0.717) is 0 Å². The summed E-state index contributed by atoms with van der Waals surface area (Å²) in [6.07, 6.45) is 0. The third kappa shape index (κ3) is 2.84. The lowest BCUT2D eigenvalue weighted by Crippen LogP contribution is -2.24. The second kappa shape index (κ2) is 5.95. The maximum absolute atomic E-state index is 10.9. The van der Waals surface area contributed by atoms with Crippen molar-refractivity contribution in [3.05, 3.63) is 77.9 Å². The number of aromatic nitrogens is 1. The third-order valence-electron chi connectivity index (χ3n) is 5.16. The zero-order valence-electron chi connectivity index (χ0n) is 16.2. The Morgan fingerprint density at radius 1 is 0.593 bits per heavy atom. The Labute approximate surface area is 159 Å². The van der Waals surface area contributed by atoms with Gasteiger partial charge < -0.3 is 14.8 Å². The maximum atomic E-state index is 10.9. The quantitative estimate of drug-likeness (QED) is 0.525. The summed E-state index contributed by atoms with van der Waals surface area (Å²) in [4.78, 5) is 0. The molecule has 3 heteroatoms. The van der Waals surface area contributed by atoms with Gasteiger partial charge in [0.25, 0.3) is 0 Å². The molecule has 2 N–H and O–H groups in total. The smallest absolute Gasteiger partial charge is 0.0860 e. The number of hydrogen-bond acceptors (Lipinski definition) is 2. The standard InChI is InChI=1S/C24H25NO2/c1-23(2,26)18-12-9-13-19(24(3,4)27)22(18)25-20-14-7-5-10-16(20)17-11-6-8-15-21(17)25/h5-15,26-27H,1-4H3. The van der Waals surface area contributed by atoms with E-state index in [1.165, 1.54) is 0 Å². The first-order chi connectivity index (χ1) is 12.7. The number of nitrogens with zero attached hydrogens (tertiary/aromatic N) is 1. The summed E-state index contributed by atoms with van der Waals surface area (Å²) in [6, 6.07) is 22.3. The Bertz CT molecular complexity index is 1060. The fourth-order valence-corrected chi connectivity index (χ4v) is 3.94. The van der Waals surface area contributed by atoms with Gasteiger partial charge in [0.05, 0.1) is 27.9 Å². The second-order valence-corrected chi connectivity index (χ2v) is 8.19. The fraction of sp³-hybridized carbons (Fsp3) is 0.250. The van der Waals surface area contributed by atoms with Crippen molar-refractivity contribution in [1.82, 2.24) is 4.57 Å². The van der Waals surface area contributed by atoms with Gasteiger partial charge in [-0.1, -0.05) is 54.6 Å². The van der Waals surface area contributed by atoms with E-state index in [-0.39, 0.29) is 0 Å². The van der Waals surface area contributed by atoms with Crippen LogP contribution in [0.4, 0.5) is 0 Å². The van der Waals surface area contributed by atoms with Crippen molar-refractivity contribution in [2.45, 2.75) is 38.9 Å². The topological polar surface area (TPSA) is 45.4 Å². The van der Waals surface area contributed by atoms with E-state index >= 15 is 0 Å². The minimum atomic E-state index is -1.05. The van der Waals surface area contributed by atoms with Crippen LogP contribution in [0.2, 0.25) is 0 Å². The molecule has 0 aliphatic heterocycles. The molecule has 1 heterocycles. The van der Waals surface area contributed by atoms with Crippen LogP contribution in [0.15, 0.2) is 66.7 Å². The Balaban J connectivity index is 2.25. The van der Waals surface area contributed by atoms with Gasteiger partial charge in [-0.2, -0.15) is 0 Å². The minimum absolute atomic E-state index is 0.786. The van der Waals surface area contributed by atoms with Gasteiger partial charge in [-0.15, -0.1) is 0 Å². The molecule has 27 heavy (non-hydrogen) atoms. The zero-order valence-corrected chi connectivity index (χ0v) is 16.2. The molecule has 0 aliphatic rings. The van der Waals surface area contributed by atoms with Gasteiger partial charge in [0, 0.05) is 21.9 Å². The molecule has 0 aliphatic carbocycles. The summed E-state index contributed by atoms with van der Waals surface area (Å²) in [5, 5.41) is 24.1. The molecular weight excluding hydrogens is 334 g/mol. The summed E-state index contributed by atoms with van der Waals surface area (Å²) in [5.41, 5.74) is 2.42. The number of hydrogen-bond donors (Lipinski definition) is 2. The van der Waals surface area contributed by atoms with Crippen molar-refractivity contribution in [3.63, 3.8) is 0 Å². The van der Waals surface area contributed by atoms with E-state index in [4.69, 9.17) is 0 Å². The van der Waals surface area contributed by atoms with E-state index in [1.54, 1.807) is 27.7 Å². The highest BCUT2D eigenvalue weighted by atomic mass is 16.3. The van der Waals surface area contributed by atoms with Crippen LogP contribution in [0, 0.1) is 0 Å². The SMILES string of the molecule is CC(C)(O)c1cccc(C(C)(C)O)c1-n1c2ccccc2c2ccccc21. The lowest BCUT2D eigenvalue weighted by molar-refractivity contribution is 0.0718. The average molecular weight is 359 g/mol. The molecule has 4 rings (SSSR count). The van der Waals surface area contributed by atoms with Crippen LogP contribution in [0.25, 0.3) is 27.5 Å². The van der Waals surface area contributed by atoms with E-state index in [0.717, 1.165) is 38.6 Å². The zero-order chi connectivity index (χ0) is 19.4. The average Bonchev–Trinajstić information content (AvgIpc) is 2.94. The van der Waals surface area contributed by atoms with Gasteiger partial charge in [-0.3, -0.25) is 0 Å². The monoisotopic (exact) mass is 359 g/mol. The van der Waals surface area contributed by atoms with Crippen LogP contribution in [-0.4, -0.2) is 14.8 Å². The highest BCUT2D eigenvalue weighted by molar-refractivity contribution is 6.09. The molecule has 3 nitrogen and oxygen atoms in total. The van der Waals surface area contributed by atoms with Crippen molar-refractivity contribution >= 4 is 21.8 Å². The molecule has 0 atom stereocenters. The molecule has 1 aromatic heterocycles. The first kappa shape index (κ1) is 17.8. The number of aliphatic hydroxyl groups is 2. The van der Waals surface area contributed by atoms with Gasteiger partial charge in [0.15, 0.2) is 0 Å². The first-order valence-electron chi connectivity index (χ1n) is 9.27. The summed E-state index contributed by atoms with van der Waals surface area (Å²) >= 11 is 0. The molecule has 0 fully saturated rings. The van der Waals surface area contributed by atoms with Gasteiger partial charge in [0.1, 0.15) is 0 Å². The first-order valence-corrected chi connectivity index (χ1v) is 9.27. The molecule has 4 aromatic rings. The molecule has 3 aromatic carbocycles. The van der Waals surface area contributed by atoms with Crippen molar-refractivity contribution in [3.8, 4) is 5.69 Å². The lowest BCUT2D eigenvalue weighted by atomic mass is 9.88. The van der Waals surface area contributed by atoms with Crippen molar-refractivity contribution in [2.24, 2.45) is 0 Å². The van der Waals surface area contributed by atoms with Crippen LogP contribution in [-0.2, 0) is 11.2 Å². The van der Waals surface area contributed by atoms with Crippen LogP contribution < -0.4 is 0 Å². The third-order valence-corrected chi connectivity index (χ3v) is 5.16. The predicted octanol–water partition coefficient (Wildman–Crippen LogP) is 5.24. The van der Waals surface area contributed by atoms with Crippen LogP contribution in [0.5, 0.6) is 0 Å². The highest BCUT2D eigenvalue weighted by Crippen LogP contribution is 2.40. The van der Waals surface area contributed by atoms with E-state index < -0.39 is 11.2 Å². The molecule has 0 unspecified atom stereocenters. The van der Waals surface area contributed by atoms with Crippen LogP contribution >= 0.6 is 0 Å². The molecule has 0 saturated heterocycles. The van der Waals surface area contributed by atoms with Crippen LogP contribution in [0.3, 0.4) is 0 Å². The maximum Gasteiger partial charge on any atom is 0.0860 e. The van der Waals surface area contributed by atoms with E-state index in [2.05, 4.69) is 28.8 Å². The van der Waals surface area contributed by atoms with Crippen molar-refractivity contribution < 1.29 is 10.2 Å². The Hall–Kier alpha value is -2.62. The molecule has 0 radical (unpaired) electrons. The fourth-order valence-electron chi connectivity index (χ4n) is 3.94. The highest BCUT2D eigenvalue weighted by Gasteiger charge is 2.30. The van der Waals surface area contributed by atoms with Gasteiger partial charge >= 0.3 is 0 Å². The molecule has 0 saturated carbocycles. The number of rotatable bonds is 3. The number of fused-ring (bicyclic) bond motifs is 3. The molecule has 0 spiro atoms. The van der Waals surface area contributed by atoms with Crippen LogP contribution in [0.1, 0.15) is 38.8 Å². The molecule has 0 amide bonds. The van der Waals surface area contributed by atoms with Crippen molar-refractivity contribution in [2.75, 3.05) is 0 Å². The van der Waals surface area contributed by atoms with E-state index in [9.17, 15) is 10.2 Å². The summed E-state index contributed by atoms with van der Waals surface area (Å²) < 4.78 is 2.17. The largest absolute Gasteiger partial charge is 0.386 e. The lowest BCUT2D eigenvalue weighted by Gasteiger charge is -2.29. The van der Waals surface area contributed by atoms with Gasteiger partial charge in [-0.05, 0) is 39.8 Å². The summed E-state index contributed by atoms with van der Waals surface area (Å²) in [6.45, 7) is 7.14. The van der Waals surface area contributed by atoms with E-state index in [1.807, 2.05) is 42.5 Å². The van der Waals surface area contributed by atoms with Crippen molar-refractivity contribution in [1.29, 1.82) is 0 Å². The summed E-state index contributed by atoms with van der Waals surface area (Å²) in [7, 11) is 0. The predicted molar refractivity (Wildman–Crippen MR) is 111 cm³/mol. The molecule has 138 valence electrons. The Morgan fingerprint density at radius 2 is 1.00 bits per heavy atom. The Kier molecular flexibility index (Phi) is 3.91. The molecular formula is C24H25NO2. The summed E-state index contributed by atoms with van der Waals surface area (Å²) in [5.74, 6) is 0. The molecule has 0 bridgehead atoms. The van der Waals surface area contributed by atoms with Gasteiger partial charge in [0.2, 0.25) is 0 Å². The number of benzene rings is 3.